The Labute approximate surface area is 169 Å². The molecule has 1 atom stereocenters. The molecule has 1 heterocycles. The maximum atomic E-state index is 12.9. The fourth-order valence-corrected chi connectivity index (χ4v) is 3.38. The molecule has 1 fully saturated rings. The number of nitrogens with zero attached hydrogens (tertiary/aromatic N) is 2. The zero-order chi connectivity index (χ0) is 22.0. The third-order valence-electron chi connectivity index (χ3n) is 3.77. The molecule has 0 aliphatic heterocycles. The second-order valence-corrected chi connectivity index (χ2v) is 8.30. The van der Waals surface area contributed by atoms with Gasteiger partial charge in [-0.1, -0.05) is 11.6 Å². The Bertz CT molecular complexity index is 892. The number of methoxy groups -OCH3 is 1. The molecular formula is C15H17ClF3N3O6S. The summed E-state index contributed by atoms with van der Waals surface area (Å²) >= 11 is 5.88. The zero-order valence-corrected chi connectivity index (χ0v) is 16.8. The first kappa shape index (κ1) is 23.0. The average Bonchev–Trinajstić information content (AvgIpc) is 3.43. The smallest absolute Gasteiger partial charge is 0.490 e. The molecule has 9 nitrogen and oxygen atoms in total. The number of alkyl halides is 3. The van der Waals surface area contributed by atoms with E-state index in [2.05, 4.69) is 15.0 Å². The van der Waals surface area contributed by atoms with Crippen molar-refractivity contribution in [2.45, 2.75) is 37.4 Å². The van der Waals surface area contributed by atoms with Gasteiger partial charge in [-0.2, -0.15) is 25.9 Å². The van der Waals surface area contributed by atoms with Crippen LogP contribution in [0.15, 0.2) is 12.3 Å². The van der Waals surface area contributed by atoms with Crippen molar-refractivity contribution in [3.63, 3.8) is 0 Å². The van der Waals surface area contributed by atoms with Crippen LogP contribution in [0, 0.1) is 0 Å². The van der Waals surface area contributed by atoms with E-state index in [1.165, 1.54) is 6.07 Å². The summed E-state index contributed by atoms with van der Waals surface area (Å²) in [7, 11) is -5.27. The fraction of sp³-hybridized carbons (Fsp3) is 0.533. The molecule has 0 radical (unpaired) electrons. The molecule has 2 amide bonds. The van der Waals surface area contributed by atoms with Gasteiger partial charge in [0.05, 0.1) is 24.9 Å². The van der Waals surface area contributed by atoms with E-state index >= 15 is 0 Å². The number of sulfonamides is 1. The normalized spacial score (nSPS) is 15.4. The van der Waals surface area contributed by atoms with E-state index in [1.54, 1.807) is 0 Å². The van der Waals surface area contributed by atoms with Crippen molar-refractivity contribution >= 4 is 33.6 Å². The number of pyridine rings is 1. The number of carbonyl (C=O) groups excluding carboxylic acids is 2. The van der Waals surface area contributed by atoms with Crippen LogP contribution < -0.4 is 10.1 Å². The molecule has 0 unspecified atom stereocenters. The molecule has 1 aromatic heterocycles. The SMILES string of the molecule is COC(=O)N([C@@H](C)COc1cnc(Cl)c(C(=O)NC2CC2)c1)S(=O)(=O)C(F)(F)F. The number of amides is 2. The van der Waals surface area contributed by atoms with Crippen LogP contribution in [0.4, 0.5) is 18.0 Å². The fourth-order valence-electron chi connectivity index (χ4n) is 2.16. The van der Waals surface area contributed by atoms with E-state index in [-0.39, 0.29) is 22.5 Å². The highest BCUT2D eigenvalue weighted by Gasteiger charge is 2.54. The van der Waals surface area contributed by atoms with Crippen LogP contribution in [0.5, 0.6) is 5.75 Å². The van der Waals surface area contributed by atoms with Gasteiger partial charge in [0.25, 0.3) is 5.91 Å². The third kappa shape index (κ3) is 5.41. The van der Waals surface area contributed by atoms with Gasteiger partial charge in [0, 0.05) is 6.04 Å². The largest absolute Gasteiger partial charge is 0.516 e. The minimum absolute atomic E-state index is 0.0172. The standard InChI is InChI=1S/C15H17ClF3N3O6S/c1-8(22(14(24)27-2)29(25,26)15(17,18)19)7-28-10-5-11(12(16)20-6-10)13(23)21-9-3-4-9/h5-6,8-9H,3-4,7H2,1-2H3,(H,21,23)/t8-/m0/s1. The molecule has 2 rings (SSSR count). The highest BCUT2D eigenvalue weighted by Crippen LogP contribution is 2.29. The number of ether oxygens (including phenoxy) is 2. The molecule has 0 aromatic carbocycles. The van der Waals surface area contributed by atoms with Crippen molar-refractivity contribution in [2.24, 2.45) is 0 Å². The van der Waals surface area contributed by atoms with Crippen LogP contribution >= 0.6 is 11.6 Å². The summed E-state index contributed by atoms with van der Waals surface area (Å²) in [5.74, 6) is -0.559. The molecule has 162 valence electrons. The minimum atomic E-state index is -6.01. The average molecular weight is 460 g/mol. The van der Waals surface area contributed by atoms with Gasteiger partial charge in [-0.05, 0) is 25.8 Å². The van der Waals surface area contributed by atoms with E-state index in [1.807, 2.05) is 0 Å². The van der Waals surface area contributed by atoms with Crippen molar-refractivity contribution in [1.82, 2.24) is 14.6 Å². The Kier molecular flexibility index (Phi) is 6.83. The van der Waals surface area contributed by atoms with Gasteiger partial charge in [0.2, 0.25) is 0 Å². The predicted molar refractivity (Wildman–Crippen MR) is 93.9 cm³/mol. The topological polar surface area (TPSA) is 115 Å². The molecule has 1 aliphatic carbocycles. The summed E-state index contributed by atoms with van der Waals surface area (Å²) in [6.07, 6.45) is 1.05. The first-order valence-corrected chi connectivity index (χ1v) is 9.98. The Morgan fingerprint density at radius 1 is 1.41 bits per heavy atom. The molecule has 1 aromatic rings. The van der Waals surface area contributed by atoms with Crippen LogP contribution in [0.25, 0.3) is 0 Å². The van der Waals surface area contributed by atoms with Crippen molar-refractivity contribution in [2.75, 3.05) is 13.7 Å². The van der Waals surface area contributed by atoms with Gasteiger partial charge in [0.15, 0.2) is 0 Å². The quantitative estimate of drug-likeness (QED) is 0.622. The van der Waals surface area contributed by atoms with E-state index < -0.39 is 44.5 Å². The lowest BCUT2D eigenvalue weighted by molar-refractivity contribution is -0.0498. The van der Waals surface area contributed by atoms with Crippen molar-refractivity contribution in [3.8, 4) is 5.75 Å². The Morgan fingerprint density at radius 2 is 2.03 bits per heavy atom. The van der Waals surface area contributed by atoms with Gasteiger partial charge in [-0.3, -0.25) is 4.79 Å². The number of halogens is 4. The van der Waals surface area contributed by atoms with E-state index in [4.69, 9.17) is 16.3 Å². The second-order valence-electron chi connectivity index (χ2n) is 6.13. The van der Waals surface area contributed by atoms with Crippen LogP contribution in [0.3, 0.4) is 0 Å². The third-order valence-corrected chi connectivity index (χ3v) is 5.68. The van der Waals surface area contributed by atoms with E-state index in [9.17, 15) is 31.2 Å². The van der Waals surface area contributed by atoms with E-state index in [0.717, 1.165) is 33.1 Å². The second kappa shape index (κ2) is 8.61. The number of hydrogen-bond acceptors (Lipinski definition) is 7. The summed E-state index contributed by atoms with van der Waals surface area (Å²) in [6, 6.07) is -0.335. The predicted octanol–water partition coefficient (Wildman–Crippen LogP) is 2.31. The lowest BCUT2D eigenvalue weighted by Crippen LogP contribution is -2.50. The van der Waals surface area contributed by atoms with Crippen LogP contribution in [-0.4, -0.2) is 61.0 Å². The van der Waals surface area contributed by atoms with Gasteiger partial charge < -0.3 is 14.8 Å². The Hall–Kier alpha value is -2.28. The molecule has 29 heavy (non-hydrogen) atoms. The first-order valence-electron chi connectivity index (χ1n) is 8.16. The molecule has 1 aliphatic rings. The molecule has 0 saturated heterocycles. The van der Waals surface area contributed by atoms with E-state index in [0.29, 0.717) is 0 Å². The zero-order valence-electron chi connectivity index (χ0n) is 15.2. The Balaban J connectivity index is 2.16. The summed E-state index contributed by atoms with van der Waals surface area (Å²) in [6.45, 7) is 0.349. The maximum Gasteiger partial charge on any atom is 0.516 e. The number of aromatic nitrogens is 1. The Morgan fingerprint density at radius 3 is 2.55 bits per heavy atom. The summed E-state index contributed by atoms with van der Waals surface area (Å²) in [5, 5.41) is 2.58. The highest BCUT2D eigenvalue weighted by molar-refractivity contribution is 7.90. The van der Waals surface area contributed by atoms with Gasteiger partial charge >= 0.3 is 21.6 Å². The number of carbonyl (C=O) groups is 2. The number of rotatable bonds is 7. The van der Waals surface area contributed by atoms with Crippen molar-refractivity contribution in [1.29, 1.82) is 0 Å². The molecule has 14 heteroatoms. The van der Waals surface area contributed by atoms with Crippen LogP contribution in [0.2, 0.25) is 5.15 Å². The first-order chi connectivity index (χ1) is 13.4. The van der Waals surface area contributed by atoms with Gasteiger partial charge in [-0.25, -0.2) is 9.78 Å². The van der Waals surface area contributed by atoms with Gasteiger partial charge in [0.1, 0.15) is 17.5 Å². The minimum Gasteiger partial charge on any atom is -0.490 e. The van der Waals surface area contributed by atoms with Crippen LogP contribution in [0.1, 0.15) is 30.1 Å². The molecular weight excluding hydrogens is 443 g/mol. The molecule has 1 N–H and O–H groups in total. The monoisotopic (exact) mass is 459 g/mol. The summed E-state index contributed by atoms with van der Waals surface area (Å²) < 4.78 is 70.8. The molecule has 0 bridgehead atoms. The molecule has 0 spiro atoms. The summed E-state index contributed by atoms with van der Waals surface area (Å²) in [4.78, 5) is 27.5. The number of hydrogen-bond donors (Lipinski definition) is 1. The molecule has 1 saturated carbocycles. The van der Waals surface area contributed by atoms with Crippen molar-refractivity contribution in [3.05, 3.63) is 23.0 Å². The van der Waals surface area contributed by atoms with Gasteiger partial charge in [-0.15, -0.1) is 0 Å². The van der Waals surface area contributed by atoms with Crippen LogP contribution in [-0.2, 0) is 14.8 Å². The maximum absolute atomic E-state index is 12.9. The lowest BCUT2D eigenvalue weighted by atomic mass is 10.2. The van der Waals surface area contributed by atoms with Crippen molar-refractivity contribution < 1.29 is 40.7 Å². The lowest BCUT2D eigenvalue weighted by Gasteiger charge is -2.27. The number of nitrogens with one attached hydrogen (secondary N) is 1. The highest BCUT2D eigenvalue weighted by atomic mass is 35.5. The summed E-state index contributed by atoms with van der Waals surface area (Å²) in [5.41, 5.74) is -5.73.